The molecule has 0 aliphatic rings. The number of hydrogen-bond donors (Lipinski definition) is 2. The minimum absolute atomic E-state index is 0.250. The summed E-state index contributed by atoms with van der Waals surface area (Å²) in [6.45, 7) is 1.83. The van der Waals surface area contributed by atoms with E-state index in [0.717, 1.165) is 5.69 Å². The first-order chi connectivity index (χ1) is 7.11. The van der Waals surface area contributed by atoms with E-state index in [2.05, 4.69) is 10.3 Å². The van der Waals surface area contributed by atoms with Crippen LogP contribution >= 0.6 is 11.6 Å². The molecule has 80 valence electrons. The van der Waals surface area contributed by atoms with Gasteiger partial charge in [0, 0.05) is 5.69 Å². The third-order valence-electron chi connectivity index (χ3n) is 1.54. The molecular formula is C9H10ClN3O2. The van der Waals surface area contributed by atoms with Crippen LogP contribution in [0.25, 0.3) is 0 Å². The highest BCUT2D eigenvalue weighted by Crippen LogP contribution is 2.04. The molecule has 15 heavy (non-hydrogen) atoms. The molecule has 5 nitrogen and oxygen atoms in total. The first-order valence-electron chi connectivity index (χ1n) is 4.21. The number of alkyl halides is 1. The molecule has 3 amide bonds. The molecule has 2 N–H and O–H groups in total. The number of rotatable bonds is 2. The number of halogens is 1. The lowest BCUT2D eigenvalue weighted by Crippen LogP contribution is -2.35. The molecule has 0 saturated carbocycles. The van der Waals surface area contributed by atoms with Gasteiger partial charge in [0.2, 0.25) is 5.91 Å². The molecule has 0 bridgehead atoms. The van der Waals surface area contributed by atoms with Gasteiger partial charge in [-0.2, -0.15) is 0 Å². The Morgan fingerprint density at radius 3 is 2.73 bits per heavy atom. The first-order valence-corrected chi connectivity index (χ1v) is 4.74. The van der Waals surface area contributed by atoms with Gasteiger partial charge in [-0.1, -0.05) is 0 Å². The summed E-state index contributed by atoms with van der Waals surface area (Å²) < 4.78 is 0. The molecule has 0 aromatic carbocycles. The highest BCUT2D eigenvalue weighted by Gasteiger charge is 2.05. The van der Waals surface area contributed by atoms with E-state index < -0.39 is 11.9 Å². The van der Waals surface area contributed by atoms with E-state index in [4.69, 9.17) is 11.6 Å². The molecule has 0 saturated heterocycles. The standard InChI is InChI=1S/C9H10ClN3O2/c1-6-2-3-7(5-11-6)12-9(15)13-8(14)4-10/h2-3,5H,4H2,1H3,(H2,12,13,14,15). The number of pyridine rings is 1. The maximum Gasteiger partial charge on any atom is 0.325 e. The van der Waals surface area contributed by atoms with Crippen LogP contribution < -0.4 is 10.6 Å². The van der Waals surface area contributed by atoms with Crippen molar-refractivity contribution in [3.63, 3.8) is 0 Å². The van der Waals surface area contributed by atoms with Gasteiger partial charge in [-0.15, -0.1) is 11.6 Å². The van der Waals surface area contributed by atoms with Crippen LogP contribution in [0.2, 0.25) is 0 Å². The number of carbonyl (C=O) groups excluding carboxylic acids is 2. The van der Waals surface area contributed by atoms with Crippen LogP contribution in [0.15, 0.2) is 18.3 Å². The van der Waals surface area contributed by atoms with Crippen molar-refractivity contribution in [2.75, 3.05) is 11.2 Å². The van der Waals surface area contributed by atoms with E-state index in [1.165, 1.54) is 6.20 Å². The van der Waals surface area contributed by atoms with E-state index in [0.29, 0.717) is 5.69 Å². The molecule has 0 spiro atoms. The number of nitrogens with zero attached hydrogens (tertiary/aromatic N) is 1. The smallest absolute Gasteiger partial charge is 0.306 e. The Hall–Kier alpha value is -1.62. The van der Waals surface area contributed by atoms with Gasteiger partial charge < -0.3 is 5.32 Å². The van der Waals surface area contributed by atoms with Crippen LogP contribution in [0, 0.1) is 6.92 Å². The first kappa shape index (κ1) is 11.5. The van der Waals surface area contributed by atoms with Crippen LogP contribution in [0.4, 0.5) is 10.5 Å². The lowest BCUT2D eigenvalue weighted by Gasteiger charge is -2.04. The van der Waals surface area contributed by atoms with Crippen molar-refractivity contribution < 1.29 is 9.59 Å². The number of aromatic nitrogens is 1. The Labute approximate surface area is 91.8 Å². The second-order valence-electron chi connectivity index (χ2n) is 2.82. The summed E-state index contributed by atoms with van der Waals surface area (Å²) in [5.74, 6) is -0.797. The number of urea groups is 1. The Bertz CT molecular complexity index is 364. The Morgan fingerprint density at radius 1 is 1.47 bits per heavy atom. The maximum absolute atomic E-state index is 11.1. The molecule has 1 rings (SSSR count). The number of anilines is 1. The van der Waals surface area contributed by atoms with Crippen molar-refractivity contribution in [1.29, 1.82) is 0 Å². The predicted octanol–water partition coefficient (Wildman–Crippen LogP) is 1.28. The zero-order valence-electron chi connectivity index (χ0n) is 8.08. The molecule has 1 heterocycles. The quantitative estimate of drug-likeness (QED) is 0.748. The molecule has 0 atom stereocenters. The topological polar surface area (TPSA) is 71.1 Å². The number of imide groups is 1. The number of carbonyl (C=O) groups is 2. The van der Waals surface area contributed by atoms with E-state index >= 15 is 0 Å². The second kappa shape index (κ2) is 5.31. The summed E-state index contributed by atoms with van der Waals surface area (Å²) in [7, 11) is 0. The fraction of sp³-hybridized carbons (Fsp3) is 0.222. The molecule has 1 aromatic heterocycles. The average Bonchev–Trinajstić information content (AvgIpc) is 2.21. The Kier molecular flexibility index (Phi) is 4.05. The largest absolute Gasteiger partial charge is 0.325 e. The van der Waals surface area contributed by atoms with Crippen LogP contribution in [0.1, 0.15) is 5.69 Å². The summed E-state index contributed by atoms with van der Waals surface area (Å²) in [6.07, 6.45) is 1.50. The van der Waals surface area contributed by atoms with Crippen molar-refractivity contribution in [2.24, 2.45) is 0 Å². The van der Waals surface area contributed by atoms with Gasteiger partial charge in [-0.3, -0.25) is 15.1 Å². The molecule has 0 fully saturated rings. The molecule has 0 radical (unpaired) electrons. The van der Waals surface area contributed by atoms with Crippen LogP contribution in [0.5, 0.6) is 0 Å². The summed E-state index contributed by atoms with van der Waals surface area (Å²) in [5, 5.41) is 4.49. The summed E-state index contributed by atoms with van der Waals surface area (Å²) in [6, 6.07) is 2.82. The fourth-order valence-corrected chi connectivity index (χ4v) is 0.931. The van der Waals surface area contributed by atoms with Crippen LogP contribution in [0.3, 0.4) is 0 Å². The molecule has 6 heteroatoms. The highest BCUT2D eigenvalue weighted by atomic mass is 35.5. The van der Waals surface area contributed by atoms with E-state index in [1.807, 2.05) is 12.2 Å². The zero-order chi connectivity index (χ0) is 11.3. The van der Waals surface area contributed by atoms with Gasteiger partial charge >= 0.3 is 6.03 Å². The molecular weight excluding hydrogens is 218 g/mol. The van der Waals surface area contributed by atoms with Gasteiger partial charge in [0.05, 0.1) is 11.9 Å². The number of nitrogens with one attached hydrogen (secondary N) is 2. The van der Waals surface area contributed by atoms with Gasteiger partial charge in [-0.05, 0) is 19.1 Å². The monoisotopic (exact) mass is 227 g/mol. The molecule has 0 aliphatic carbocycles. The van der Waals surface area contributed by atoms with Gasteiger partial charge in [0.15, 0.2) is 0 Å². The van der Waals surface area contributed by atoms with Gasteiger partial charge in [0.25, 0.3) is 0 Å². The van der Waals surface area contributed by atoms with E-state index in [9.17, 15) is 9.59 Å². The fourth-order valence-electron chi connectivity index (χ4n) is 0.864. The normalized spacial score (nSPS) is 9.47. The number of amides is 3. The maximum atomic E-state index is 11.1. The van der Waals surface area contributed by atoms with Crippen molar-refractivity contribution in [1.82, 2.24) is 10.3 Å². The molecule has 0 unspecified atom stereocenters. The molecule has 1 aromatic rings. The Morgan fingerprint density at radius 2 is 2.20 bits per heavy atom. The van der Waals surface area contributed by atoms with Crippen LogP contribution in [-0.2, 0) is 4.79 Å². The van der Waals surface area contributed by atoms with E-state index in [1.54, 1.807) is 12.1 Å². The Balaban J connectivity index is 2.51. The number of aryl methyl sites for hydroxylation is 1. The third kappa shape index (κ3) is 3.95. The summed E-state index contributed by atoms with van der Waals surface area (Å²) >= 11 is 5.22. The van der Waals surface area contributed by atoms with Crippen molar-refractivity contribution in [3.05, 3.63) is 24.0 Å². The van der Waals surface area contributed by atoms with Crippen molar-refractivity contribution >= 4 is 29.2 Å². The second-order valence-corrected chi connectivity index (χ2v) is 3.09. The number of hydrogen-bond acceptors (Lipinski definition) is 3. The van der Waals surface area contributed by atoms with Gasteiger partial charge in [0.1, 0.15) is 5.88 Å². The summed E-state index contributed by atoms with van der Waals surface area (Å²) in [4.78, 5) is 25.9. The molecule has 0 aliphatic heterocycles. The average molecular weight is 228 g/mol. The third-order valence-corrected chi connectivity index (χ3v) is 1.79. The minimum atomic E-state index is -0.619. The SMILES string of the molecule is Cc1ccc(NC(=O)NC(=O)CCl)cn1. The highest BCUT2D eigenvalue weighted by molar-refractivity contribution is 6.28. The van der Waals surface area contributed by atoms with Crippen LogP contribution in [-0.4, -0.2) is 22.8 Å². The van der Waals surface area contributed by atoms with Crippen molar-refractivity contribution in [2.45, 2.75) is 6.92 Å². The minimum Gasteiger partial charge on any atom is -0.306 e. The lowest BCUT2D eigenvalue weighted by molar-refractivity contribution is -0.117. The predicted molar refractivity (Wildman–Crippen MR) is 56.9 cm³/mol. The van der Waals surface area contributed by atoms with E-state index in [-0.39, 0.29) is 5.88 Å². The van der Waals surface area contributed by atoms with Gasteiger partial charge in [-0.25, -0.2) is 4.79 Å². The van der Waals surface area contributed by atoms with Crippen molar-refractivity contribution in [3.8, 4) is 0 Å². The zero-order valence-corrected chi connectivity index (χ0v) is 8.84. The lowest BCUT2D eigenvalue weighted by atomic mass is 10.3. The summed E-state index contributed by atoms with van der Waals surface area (Å²) in [5.41, 5.74) is 1.36.